The third-order valence-corrected chi connectivity index (χ3v) is 7.03. The van der Waals surface area contributed by atoms with Crippen molar-refractivity contribution in [3.05, 3.63) is 146 Å². The van der Waals surface area contributed by atoms with Crippen LogP contribution < -0.4 is 130 Å². The van der Waals surface area contributed by atoms with Gasteiger partial charge >= 0.3 is 288 Å². The minimum Gasteiger partial charge on any atom is -0.244 e. The number of aromatic nitrogens is 12. The second kappa shape index (κ2) is 70.0. The van der Waals surface area contributed by atoms with Crippen molar-refractivity contribution < 1.29 is 130 Å². The molecule has 74 heavy (non-hydrogen) atoms. The van der Waals surface area contributed by atoms with Crippen molar-refractivity contribution in [1.29, 1.82) is 0 Å². The van der Waals surface area contributed by atoms with Crippen molar-refractivity contribution in [2.24, 2.45) is 0 Å². The van der Waals surface area contributed by atoms with Gasteiger partial charge in [-0.2, -0.15) is 0 Å². The SMILES string of the molecule is BrI.BrI.BrI.BrI.Br[I-]Br.Br[I-]Br.Br[I-]Br.Br[I-]Br.Br[I-]Br.Br[I-]Br.c1ccc(-c2[nH+]c(-c3ccccn3)[nH+]c(-c3ccccn3)[nH+]2)nc1.c1ccc(-c2[nH+]c(-c3ccccn3)[nH+]c(-c3ccccn3)[nH+]2)nc1. The molecule has 0 saturated heterocycles. The van der Waals surface area contributed by atoms with Crippen LogP contribution in [0.4, 0.5) is 0 Å². The number of halogens is 26. The number of H-pyrrole nitrogens is 6. The molecule has 0 bridgehead atoms. The average Bonchev–Trinajstić information content (AvgIpc) is 3.48. The zero-order valence-corrected chi connectivity index (χ0v) is 82.3. The molecule has 12 nitrogen and oxygen atoms in total. The van der Waals surface area contributed by atoms with Crippen LogP contribution in [-0.4, -0.2) is 29.9 Å². The summed E-state index contributed by atoms with van der Waals surface area (Å²) >= 11 is 58.8. The Morgan fingerprint density at radius 3 is 0.419 bits per heavy atom. The summed E-state index contributed by atoms with van der Waals surface area (Å²) < 4.78 is 0. The fraction of sp³-hybridized carbons (Fsp3) is 0. The zero-order valence-electron chi connectivity index (χ0n) is 35.4. The molecule has 0 aromatic carbocycles. The first kappa shape index (κ1) is 88.3. The predicted molar refractivity (Wildman–Crippen MR) is 371 cm³/mol. The number of aromatic amines is 6. The molecule has 6 N–H and O–H groups in total. The van der Waals surface area contributed by atoms with Gasteiger partial charge in [0, 0.05) is 119 Å². The Morgan fingerprint density at radius 2 is 0.338 bits per heavy atom. The van der Waals surface area contributed by atoms with Crippen molar-refractivity contribution in [1.82, 2.24) is 29.9 Å². The van der Waals surface area contributed by atoms with Gasteiger partial charge in [0.05, 0.1) is 0 Å². The molecule has 0 spiro atoms. The third kappa shape index (κ3) is 46.1. The number of hydrogen-bond donors (Lipinski definition) is 0. The van der Waals surface area contributed by atoms with Crippen molar-refractivity contribution in [3.8, 4) is 69.1 Å². The number of nitrogens with one attached hydrogen (secondary N) is 6. The number of nitrogens with zero attached hydrogens (tertiary/aromatic N) is 6. The van der Waals surface area contributed by atoms with E-state index in [0.717, 1.165) is 69.1 Å². The van der Waals surface area contributed by atoms with E-state index in [2.05, 4.69) is 263 Å². The normalized spacial score (nSPS) is 8.92. The van der Waals surface area contributed by atoms with E-state index >= 15 is 0 Å². The quantitative estimate of drug-likeness (QED) is 0.231. The van der Waals surface area contributed by atoms with E-state index < -0.39 is 0 Å². The molecule has 8 rings (SSSR count). The summed E-state index contributed by atoms with van der Waals surface area (Å²) in [5, 5.41) is 0. The summed E-state index contributed by atoms with van der Waals surface area (Å²) in [4.78, 5) is 46.3. The van der Waals surface area contributed by atoms with Crippen LogP contribution in [0.15, 0.2) is 146 Å². The fourth-order valence-corrected chi connectivity index (χ4v) is 4.77. The maximum atomic E-state index is 4.40. The maximum Gasteiger partial charge on any atom is 0.477 e. The zero-order chi connectivity index (χ0) is 56.6. The van der Waals surface area contributed by atoms with Crippen LogP contribution in [0.25, 0.3) is 69.1 Å². The smallest absolute Gasteiger partial charge is 0.244 e. The van der Waals surface area contributed by atoms with Gasteiger partial charge in [-0.3, -0.25) is 0 Å². The summed E-state index contributed by atoms with van der Waals surface area (Å²) in [5.74, 6) is 4.64. The Kier molecular flexibility index (Phi) is 83.5. The average molecular weight is 3180 g/mol. The monoisotopic (exact) mass is 3160 g/mol. The van der Waals surface area contributed by atoms with Gasteiger partial charge in [-0.05, 0) is 124 Å². The molecule has 0 fully saturated rings. The van der Waals surface area contributed by atoms with E-state index in [1.807, 2.05) is 191 Å². The Hall–Kier alpha value is 7.90. The summed E-state index contributed by atoms with van der Waals surface area (Å²) in [5.41, 5.74) is 4.84. The van der Waals surface area contributed by atoms with E-state index in [0.29, 0.717) is 0 Å². The van der Waals surface area contributed by atoms with Crippen LogP contribution >= 0.6 is 285 Å². The molecular formula is C36H30Br16I10N12. The van der Waals surface area contributed by atoms with Crippen LogP contribution in [0.3, 0.4) is 0 Å². The Balaban J connectivity index is -0.000000457. The van der Waals surface area contributed by atoms with Gasteiger partial charge in [-0.25, -0.2) is 29.9 Å². The molecule has 0 atom stereocenters. The molecule has 0 aliphatic carbocycles. The largest absolute Gasteiger partial charge is 0.477 e. The van der Waals surface area contributed by atoms with Crippen LogP contribution in [0, 0.1) is 0 Å². The Bertz CT molecular complexity index is 1950. The molecule has 0 unspecified atom stereocenters. The van der Waals surface area contributed by atoms with Gasteiger partial charge < -0.3 is 0 Å². The minimum absolute atomic E-state index is 0.215. The number of hydrogen-bond acceptors (Lipinski definition) is 6. The van der Waals surface area contributed by atoms with Crippen molar-refractivity contribution in [3.63, 3.8) is 0 Å². The van der Waals surface area contributed by atoms with E-state index in [4.69, 9.17) is 0 Å². The second-order valence-electron chi connectivity index (χ2n) is 10.6. The van der Waals surface area contributed by atoms with Crippen LogP contribution in [0.1, 0.15) is 0 Å². The van der Waals surface area contributed by atoms with E-state index in [9.17, 15) is 0 Å². The first-order chi connectivity index (χ1) is 36.3. The molecule has 38 heteroatoms. The van der Waals surface area contributed by atoms with Crippen molar-refractivity contribution in [2.45, 2.75) is 0 Å². The molecule has 8 aromatic rings. The summed E-state index contributed by atoms with van der Waals surface area (Å²) in [6, 6.07) is 34.6. The molecular weight excluding hydrogens is 3150 g/mol. The van der Waals surface area contributed by atoms with Crippen LogP contribution in [0.5, 0.6) is 0 Å². The predicted octanol–water partition coefficient (Wildman–Crippen LogP) is 1.73. The second-order valence-corrected chi connectivity index (χ2v) is 69.0. The molecule has 0 amide bonds. The summed E-state index contributed by atoms with van der Waals surface area (Å²) in [6.07, 6.45) is 10.6. The molecule has 0 saturated carbocycles. The fourth-order valence-electron chi connectivity index (χ4n) is 4.77. The van der Waals surface area contributed by atoms with Crippen LogP contribution in [0.2, 0.25) is 0 Å². The first-order valence-corrected chi connectivity index (χ1v) is 94.8. The number of rotatable bonds is 6. The third-order valence-electron chi connectivity index (χ3n) is 7.03. The van der Waals surface area contributed by atoms with E-state index in [-0.39, 0.29) is 101 Å². The van der Waals surface area contributed by atoms with Gasteiger partial charge in [0.2, 0.25) is 34.2 Å². The standard InChI is InChI=1S/2C18H12N6.6Br2I.4BrI/c2*1-4-10-19-13(7-1)16-22-17(14-8-2-5-11-20-14)24-18(23-16)15-9-3-6-12-21-15;6*1-3-2;4*1-2/h2*1-12H;;;;;;;;;;/q;;6*-1;;;;/p+6. The number of pyridine rings is 6. The Morgan fingerprint density at radius 1 is 0.230 bits per heavy atom. The Labute approximate surface area is 644 Å². The van der Waals surface area contributed by atoms with Gasteiger partial charge in [0.15, 0.2) is 0 Å². The molecule has 8 aromatic heterocycles. The van der Waals surface area contributed by atoms with E-state index in [1.54, 1.807) is 37.2 Å². The molecule has 0 aliphatic rings. The minimum atomic E-state index is 0.215. The summed E-state index contributed by atoms with van der Waals surface area (Å²) in [7, 11) is 0. The van der Waals surface area contributed by atoms with Gasteiger partial charge in [-0.15, -0.1) is 0 Å². The van der Waals surface area contributed by atoms with Crippen molar-refractivity contribution in [2.75, 3.05) is 0 Å². The van der Waals surface area contributed by atoms with Gasteiger partial charge in [0.25, 0.3) is 0 Å². The molecule has 0 aliphatic heterocycles. The topological polar surface area (TPSA) is 162 Å². The van der Waals surface area contributed by atoms with Crippen molar-refractivity contribution >= 4 is 285 Å². The van der Waals surface area contributed by atoms with Gasteiger partial charge in [-0.1, -0.05) is 66.3 Å². The summed E-state index contributed by atoms with van der Waals surface area (Å²) in [6.45, 7) is 0. The van der Waals surface area contributed by atoms with E-state index in [1.165, 1.54) is 0 Å². The molecule has 8 heterocycles. The molecule has 416 valence electrons. The van der Waals surface area contributed by atoms with Crippen LogP contribution in [-0.2, 0) is 0 Å². The van der Waals surface area contributed by atoms with Gasteiger partial charge in [0.1, 0.15) is 0 Å². The maximum absolute atomic E-state index is 4.40. The molecule has 0 radical (unpaired) electrons. The first-order valence-electron chi connectivity index (χ1n) is 17.4.